The van der Waals surface area contributed by atoms with Crippen molar-refractivity contribution in [2.45, 2.75) is 38.6 Å². The molecule has 144 valence electrons. The van der Waals surface area contributed by atoms with Gasteiger partial charge >= 0.3 is 0 Å². The highest BCUT2D eigenvalue weighted by Gasteiger charge is 2.33. The molecule has 0 fully saturated rings. The van der Waals surface area contributed by atoms with Crippen LogP contribution in [0.1, 0.15) is 43.7 Å². The van der Waals surface area contributed by atoms with Crippen molar-refractivity contribution in [3.05, 3.63) is 96.5 Å². The summed E-state index contributed by atoms with van der Waals surface area (Å²) in [5.41, 5.74) is 6.93. The Hall–Kier alpha value is -2.94. The molecule has 0 aromatic heterocycles. The van der Waals surface area contributed by atoms with E-state index in [9.17, 15) is 0 Å². The Morgan fingerprint density at radius 3 is 2.61 bits per heavy atom. The van der Waals surface area contributed by atoms with E-state index in [0.717, 1.165) is 41.1 Å². The van der Waals surface area contributed by atoms with E-state index in [1.807, 2.05) is 19.1 Å². The number of rotatable bonds is 5. The van der Waals surface area contributed by atoms with E-state index in [4.69, 9.17) is 14.7 Å². The van der Waals surface area contributed by atoms with Crippen LogP contribution in [0, 0.1) is 0 Å². The molecule has 0 saturated carbocycles. The minimum atomic E-state index is -0.120. The van der Waals surface area contributed by atoms with E-state index in [1.165, 1.54) is 11.1 Å². The lowest BCUT2D eigenvalue weighted by atomic mass is 9.79. The molecule has 0 N–H and O–H groups in total. The van der Waals surface area contributed by atoms with Crippen LogP contribution in [0.25, 0.3) is 0 Å². The number of allylic oxidation sites excluding steroid dienone is 4. The zero-order valence-corrected chi connectivity index (χ0v) is 16.9. The topological polar surface area (TPSA) is 34.0 Å². The van der Waals surface area contributed by atoms with E-state index >= 15 is 0 Å². The van der Waals surface area contributed by atoms with Crippen molar-refractivity contribution < 1.29 is 4.74 Å². The van der Waals surface area contributed by atoms with Crippen molar-refractivity contribution in [3.8, 4) is 0 Å². The molecule has 28 heavy (non-hydrogen) atoms. The van der Waals surface area contributed by atoms with E-state index in [2.05, 4.69) is 51.4 Å². The summed E-state index contributed by atoms with van der Waals surface area (Å²) in [7, 11) is 0. The first kappa shape index (κ1) is 19.8. The molecule has 0 spiro atoms. The summed E-state index contributed by atoms with van der Waals surface area (Å²) in [6.45, 7) is 21.0. The van der Waals surface area contributed by atoms with Crippen LogP contribution >= 0.6 is 0 Å². The van der Waals surface area contributed by atoms with Gasteiger partial charge in [-0.3, -0.25) is 9.98 Å². The monoisotopic (exact) mass is 372 g/mol. The van der Waals surface area contributed by atoms with Gasteiger partial charge in [0.05, 0.1) is 29.8 Å². The van der Waals surface area contributed by atoms with Gasteiger partial charge in [-0.25, -0.2) is 0 Å². The number of ether oxygens (including phenoxy) is 1. The number of aliphatic imine (C=N–C) groups is 2. The normalized spacial score (nSPS) is 21.9. The molecule has 2 aliphatic rings. The smallest absolute Gasteiger partial charge is 0.121 e. The Balaban J connectivity index is 2.15. The number of hydrogen-bond acceptors (Lipinski definition) is 3. The summed E-state index contributed by atoms with van der Waals surface area (Å²) in [5.74, 6) is 0.851. The Kier molecular flexibility index (Phi) is 5.93. The predicted octanol–water partition coefficient (Wildman–Crippen LogP) is 5.93. The van der Waals surface area contributed by atoms with Crippen molar-refractivity contribution >= 4 is 11.4 Å². The van der Waals surface area contributed by atoms with Gasteiger partial charge in [-0.05, 0) is 44.4 Å². The SMILES string of the molecule is C=CC1=NC(=C)C2N=C(C=C)c3ccccc3C2CCC(C)=C1C(=C)OCC. The highest BCUT2D eigenvalue weighted by atomic mass is 16.5. The lowest BCUT2D eigenvalue weighted by Gasteiger charge is -2.31. The first-order valence-electron chi connectivity index (χ1n) is 9.73. The van der Waals surface area contributed by atoms with Crippen LogP contribution in [0.2, 0.25) is 0 Å². The van der Waals surface area contributed by atoms with Gasteiger partial charge in [0.2, 0.25) is 0 Å². The summed E-state index contributed by atoms with van der Waals surface area (Å²) >= 11 is 0. The lowest BCUT2D eigenvalue weighted by Crippen LogP contribution is -2.26. The van der Waals surface area contributed by atoms with Gasteiger partial charge in [0.25, 0.3) is 0 Å². The molecule has 2 atom stereocenters. The lowest BCUT2D eigenvalue weighted by molar-refractivity contribution is 0.241. The first-order valence-corrected chi connectivity index (χ1v) is 9.73. The number of benzene rings is 1. The summed E-state index contributed by atoms with van der Waals surface area (Å²) < 4.78 is 5.71. The molecule has 0 saturated heterocycles. The summed E-state index contributed by atoms with van der Waals surface area (Å²) in [5, 5.41) is 0. The van der Waals surface area contributed by atoms with Gasteiger partial charge in [0.15, 0.2) is 0 Å². The van der Waals surface area contributed by atoms with Crippen molar-refractivity contribution in [1.82, 2.24) is 0 Å². The Labute approximate surface area is 168 Å². The minimum absolute atomic E-state index is 0.120. The molecular weight excluding hydrogens is 344 g/mol. The largest absolute Gasteiger partial charge is 0.494 e. The molecule has 2 aliphatic heterocycles. The van der Waals surface area contributed by atoms with Crippen LogP contribution in [0.15, 0.2) is 95.3 Å². The Morgan fingerprint density at radius 2 is 1.93 bits per heavy atom. The second-order valence-electron chi connectivity index (χ2n) is 7.10. The number of hydrogen-bond donors (Lipinski definition) is 0. The fraction of sp³-hybridized carbons (Fsp3) is 0.280. The quantitative estimate of drug-likeness (QED) is 0.590. The average molecular weight is 373 g/mol. The molecule has 0 bridgehead atoms. The minimum Gasteiger partial charge on any atom is -0.494 e. The molecule has 2 unspecified atom stereocenters. The fourth-order valence-corrected chi connectivity index (χ4v) is 4.08. The van der Waals surface area contributed by atoms with Crippen molar-refractivity contribution in [3.63, 3.8) is 0 Å². The predicted molar refractivity (Wildman–Crippen MR) is 119 cm³/mol. The van der Waals surface area contributed by atoms with Crippen LogP contribution in [0.5, 0.6) is 0 Å². The molecule has 0 amide bonds. The summed E-state index contributed by atoms with van der Waals surface area (Å²) in [4.78, 5) is 9.81. The molecule has 3 nitrogen and oxygen atoms in total. The average Bonchev–Trinajstić information content (AvgIpc) is 2.75. The van der Waals surface area contributed by atoms with Gasteiger partial charge in [0, 0.05) is 17.1 Å². The van der Waals surface area contributed by atoms with Crippen LogP contribution < -0.4 is 0 Å². The standard InChI is InChI=1S/C25H28N2O/c1-7-22-20-13-11-10-12-19(20)21-15-14-16(4)24(18(6)28-9-3)23(8-2)26-17(5)25(21)27-22/h7-8,10-13,21,25H,1-2,5-6,9,14-15H2,3-4H3. The highest BCUT2D eigenvalue weighted by Crippen LogP contribution is 2.40. The molecule has 0 radical (unpaired) electrons. The molecule has 1 aromatic rings. The van der Waals surface area contributed by atoms with Crippen LogP contribution in [0.3, 0.4) is 0 Å². The van der Waals surface area contributed by atoms with Gasteiger partial charge in [0.1, 0.15) is 5.76 Å². The van der Waals surface area contributed by atoms with E-state index in [-0.39, 0.29) is 12.0 Å². The molecule has 0 aliphatic carbocycles. The van der Waals surface area contributed by atoms with Crippen molar-refractivity contribution in [2.24, 2.45) is 9.98 Å². The molecule has 1 aromatic carbocycles. The maximum atomic E-state index is 5.71. The van der Waals surface area contributed by atoms with Gasteiger partial charge in [-0.2, -0.15) is 0 Å². The van der Waals surface area contributed by atoms with Crippen LogP contribution in [-0.2, 0) is 4.74 Å². The van der Waals surface area contributed by atoms with Gasteiger partial charge in [-0.15, -0.1) is 0 Å². The summed E-state index contributed by atoms with van der Waals surface area (Å²) in [6.07, 6.45) is 5.42. The van der Waals surface area contributed by atoms with E-state index in [0.29, 0.717) is 12.4 Å². The van der Waals surface area contributed by atoms with Crippen LogP contribution in [-0.4, -0.2) is 24.1 Å². The van der Waals surface area contributed by atoms with Crippen molar-refractivity contribution in [2.75, 3.05) is 6.61 Å². The third-order valence-corrected chi connectivity index (χ3v) is 5.40. The molecular formula is C25H28N2O. The van der Waals surface area contributed by atoms with Gasteiger partial charge in [-0.1, -0.05) is 56.2 Å². The third kappa shape index (κ3) is 3.57. The molecule has 3 rings (SSSR count). The van der Waals surface area contributed by atoms with E-state index < -0.39 is 0 Å². The zero-order chi connectivity index (χ0) is 20.3. The Morgan fingerprint density at radius 1 is 1.21 bits per heavy atom. The second-order valence-corrected chi connectivity index (χ2v) is 7.10. The van der Waals surface area contributed by atoms with Crippen LogP contribution in [0.4, 0.5) is 0 Å². The van der Waals surface area contributed by atoms with Crippen molar-refractivity contribution in [1.29, 1.82) is 0 Å². The Bertz CT molecular complexity index is 930. The second kappa shape index (κ2) is 8.39. The maximum Gasteiger partial charge on any atom is 0.121 e. The van der Waals surface area contributed by atoms with E-state index in [1.54, 1.807) is 6.08 Å². The number of fused-ring (bicyclic) bond motifs is 3. The number of nitrogens with zero attached hydrogens (tertiary/aromatic N) is 2. The summed E-state index contributed by atoms with van der Waals surface area (Å²) in [6, 6.07) is 8.32. The third-order valence-electron chi connectivity index (χ3n) is 5.40. The zero-order valence-electron chi connectivity index (χ0n) is 16.9. The maximum absolute atomic E-state index is 5.71. The van der Waals surface area contributed by atoms with Gasteiger partial charge < -0.3 is 4.74 Å². The molecule has 3 heteroatoms. The highest BCUT2D eigenvalue weighted by molar-refractivity contribution is 6.12. The first-order chi connectivity index (χ1) is 13.5. The fourth-order valence-electron chi connectivity index (χ4n) is 4.08. The molecule has 2 heterocycles.